The molecule has 26 heavy (non-hydrogen) atoms. The van der Waals surface area contributed by atoms with Gasteiger partial charge in [0.2, 0.25) is 0 Å². The Balaban J connectivity index is 2.22. The summed E-state index contributed by atoms with van der Waals surface area (Å²) in [4.78, 5) is 0. The topological polar surface area (TPSA) is 36.9 Å². The van der Waals surface area contributed by atoms with E-state index >= 15 is 0 Å². The summed E-state index contributed by atoms with van der Waals surface area (Å²) in [5.41, 5.74) is -0.237. The van der Waals surface area contributed by atoms with Gasteiger partial charge in [-0.05, 0) is 56.7 Å². The predicted octanol–water partition coefficient (Wildman–Crippen LogP) is 3.24. The van der Waals surface area contributed by atoms with Crippen molar-refractivity contribution in [3.05, 3.63) is 35.6 Å². The fraction of sp³-hybridized carbons (Fsp3) is 0.400. The molecule has 0 unspecified atom stereocenters. The van der Waals surface area contributed by atoms with E-state index in [0.29, 0.717) is 16.6 Å². The first-order valence-electron chi connectivity index (χ1n) is 8.40. The van der Waals surface area contributed by atoms with E-state index in [4.69, 9.17) is 25.2 Å². The van der Waals surface area contributed by atoms with Crippen LogP contribution in [0.5, 0.6) is 5.75 Å². The van der Waals surface area contributed by atoms with Crippen molar-refractivity contribution in [3.63, 3.8) is 0 Å². The minimum atomic E-state index is -0.692. The number of fused-ring (bicyclic) bond motifs is 1. The molecule has 0 spiro atoms. The minimum absolute atomic E-state index is 0.0947. The van der Waals surface area contributed by atoms with Crippen molar-refractivity contribution in [1.29, 1.82) is 0 Å². The molecular weight excluding hydrogens is 334 g/mol. The van der Waals surface area contributed by atoms with Crippen LogP contribution in [0.25, 0.3) is 10.8 Å². The van der Waals surface area contributed by atoms with E-state index in [9.17, 15) is 4.39 Å². The van der Waals surface area contributed by atoms with E-state index in [1.807, 2.05) is 27.7 Å². The molecule has 1 fully saturated rings. The van der Waals surface area contributed by atoms with Crippen LogP contribution in [-0.4, -0.2) is 32.2 Å². The molecule has 4 nitrogen and oxygen atoms in total. The van der Waals surface area contributed by atoms with E-state index < -0.39 is 24.1 Å². The Kier molecular flexibility index (Phi) is 4.74. The maximum absolute atomic E-state index is 14.3. The molecule has 1 aliphatic heterocycles. The third-order valence-electron chi connectivity index (χ3n) is 5.07. The summed E-state index contributed by atoms with van der Waals surface area (Å²) in [6, 6.07) is 6.58. The van der Waals surface area contributed by atoms with E-state index in [1.165, 1.54) is 6.07 Å². The van der Waals surface area contributed by atoms with Gasteiger partial charge in [-0.1, -0.05) is 12.0 Å². The number of benzene rings is 2. The highest BCUT2D eigenvalue weighted by molar-refractivity contribution is 6.65. The SMILES string of the molecule is C#Cc1c(F)ccc2cc(OCOC)cc(B3OC(C)(C)C(C)(C)O3)c12. The Bertz CT molecular complexity index is 869. The van der Waals surface area contributed by atoms with Gasteiger partial charge in [-0.2, -0.15) is 0 Å². The largest absolute Gasteiger partial charge is 0.495 e. The van der Waals surface area contributed by atoms with E-state index in [1.54, 1.807) is 25.3 Å². The van der Waals surface area contributed by atoms with Crippen LogP contribution in [-0.2, 0) is 14.0 Å². The third kappa shape index (κ3) is 3.07. The number of rotatable bonds is 4. The second-order valence-corrected chi connectivity index (χ2v) is 7.32. The first-order chi connectivity index (χ1) is 12.2. The van der Waals surface area contributed by atoms with Gasteiger partial charge >= 0.3 is 7.12 Å². The fourth-order valence-electron chi connectivity index (χ4n) is 2.95. The van der Waals surface area contributed by atoms with Crippen LogP contribution in [0.15, 0.2) is 24.3 Å². The first kappa shape index (κ1) is 18.7. The Labute approximate surface area is 153 Å². The minimum Gasteiger partial charge on any atom is -0.468 e. The zero-order chi connectivity index (χ0) is 19.1. The monoisotopic (exact) mass is 356 g/mol. The molecule has 3 rings (SSSR count). The summed E-state index contributed by atoms with van der Waals surface area (Å²) in [5, 5.41) is 1.34. The number of halogens is 1. The summed E-state index contributed by atoms with van der Waals surface area (Å²) >= 11 is 0. The van der Waals surface area contributed by atoms with Crippen LogP contribution < -0.4 is 10.2 Å². The molecule has 6 heteroatoms. The average Bonchev–Trinajstić information content (AvgIpc) is 2.80. The highest BCUT2D eigenvalue weighted by atomic mass is 19.1. The molecule has 0 amide bonds. The van der Waals surface area contributed by atoms with Crippen LogP contribution in [0, 0.1) is 18.2 Å². The quantitative estimate of drug-likeness (QED) is 0.479. The first-order valence-corrected chi connectivity index (χ1v) is 8.40. The molecule has 0 bridgehead atoms. The van der Waals surface area contributed by atoms with E-state index in [0.717, 1.165) is 5.39 Å². The summed E-state index contributed by atoms with van der Waals surface area (Å²) < 4.78 is 37.2. The van der Waals surface area contributed by atoms with Gasteiger partial charge < -0.3 is 18.8 Å². The number of hydrogen-bond acceptors (Lipinski definition) is 4. The number of methoxy groups -OCH3 is 1. The summed E-state index contributed by atoms with van der Waals surface area (Å²) in [6.45, 7) is 7.94. The molecule has 0 N–H and O–H groups in total. The second-order valence-electron chi connectivity index (χ2n) is 7.32. The molecule has 0 radical (unpaired) electrons. The molecule has 0 atom stereocenters. The number of terminal acetylenes is 1. The Morgan fingerprint density at radius 1 is 1.15 bits per heavy atom. The van der Waals surface area contributed by atoms with Crippen molar-refractivity contribution in [2.45, 2.75) is 38.9 Å². The van der Waals surface area contributed by atoms with Gasteiger partial charge in [-0.25, -0.2) is 4.39 Å². The summed E-state index contributed by atoms with van der Waals surface area (Å²) in [6.07, 6.45) is 5.59. The Morgan fingerprint density at radius 3 is 2.38 bits per heavy atom. The molecule has 1 saturated heterocycles. The van der Waals surface area contributed by atoms with Crippen LogP contribution >= 0.6 is 0 Å². The van der Waals surface area contributed by atoms with Gasteiger partial charge in [-0.15, -0.1) is 6.42 Å². The maximum atomic E-state index is 14.3. The van der Waals surface area contributed by atoms with Crippen molar-refractivity contribution in [2.24, 2.45) is 0 Å². The van der Waals surface area contributed by atoms with Gasteiger partial charge in [0, 0.05) is 12.5 Å². The maximum Gasteiger partial charge on any atom is 0.495 e. The Hall–Kier alpha value is -2.07. The average molecular weight is 356 g/mol. The normalized spacial score (nSPS) is 18.1. The molecule has 1 aliphatic rings. The molecule has 0 aliphatic carbocycles. The van der Waals surface area contributed by atoms with Gasteiger partial charge in [0.05, 0.1) is 16.8 Å². The molecule has 2 aromatic rings. The lowest BCUT2D eigenvalue weighted by molar-refractivity contribution is 0.00578. The lowest BCUT2D eigenvalue weighted by atomic mass is 9.74. The highest BCUT2D eigenvalue weighted by Crippen LogP contribution is 2.38. The second kappa shape index (κ2) is 6.59. The lowest BCUT2D eigenvalue weighted by Gasteiger charge is -2.32. The van der Waals surface area contributed by atoms with Gasteiger partial charge in [-0.3, -0.25) is 0 Å². The molecule has 1 heterocycles. The standard InChI is InChI=1S/C20H22BFO4/c1-7-15-17(22)9-8-13-10-14(24-12-23-6)11-16(18(13)15)21-25-19(2,3)20(4,5)26-21/h1,8-11H,12H2,2-6H3. The van der Waals surface area contributed by atoms with Crippen molar-refractivity contribution < 1.29 is 23.2 Å². The number of hydrogen-bond donors (Lipinski definition) is 0. The predicted molar refractivity (Wildman–Crippen MR) is 100 cm³/mol. The zero-order valence-electron chi connectivity index (χ0n) is 15.7. The smallest absolute Gasteiger partial charge is 0.468 e. The van der Waals surface area contributed by atoms with Crippen molar-refractivity contribution >= 4 is 23.4 Å². The van der Waals surface area contributed by atoms with Gasteiger partial charge in [0.15, 0.2) is 6.79 Å². The van der Waals surface area contributed by atoms with Gasteiger partial charge in [0.1, 0.15) is 11.6 Å². The summed E-state index contributed by atoms with van der Waals surface area (Å²) in [5.74, 6) is 2.57. The third-order valence-corrected chi connectivity index (χ3v) is 5.07. The molecule has 136 valence electrons. The van der Waals surface area contributed by atoms with Gasteiger partial charge in [0.25, 0.3) is 0 Å². The van der Waals surface area contributed by atoms with Crippen molar-refractivity contribution in [1.82, 2.24) is 0 Å². The van der Waals surface area contributed by atoms with Crippen LogP contribution in [0.3, 0.4) is 0 Å². The highest BCUT2D eigenvalue weighted by Gasteiger charge is 2.52. The van der Waals surface area contributed by atoms with E-state index in [-0.39, 0.29) is 12.4 Å². The van der Waals surface area contributed by atoms with Crippen LogP contribution in [0.2, 0.25) is 0 Å². The molecular formula is C20H22BFO4. The summed E-state index contributed by atoms with van der Waals surface area (Å²) in [7, 11) is 0.852. The molecule has 2 aromatic carbocycles. The molecule has 0 saturated carbocycles. The Morgan fingerprint density at radius 2 is 1.81 bits per heavy atom. The number of ether oxygens (including phenoxy) is 2. The molecule has 0 aromatic heterocycles. The van der Waals surface area contributed by atoms with Crippen molar-refractivity contribution in [3.8, 4) is 18.1 Å². The van der Waals surface area contributed by atoms with Crippen LogP contribution in [0.4, 0.5) is 4.39 Å². The van der Waals surface area contributed by atoms with E-state index in [2.05, 4.69) is 5.92 Å². The van der Waals surface area contributed by atoms with Crippen molar-refractivity contribution in [2.75, 3.05) is 13.9 Å². The van der Waals surface area contributed by atoms with Crippen LogP contribution in [0.1, 0.15) is 33.3 Å². The zero-order valence-corrected chi connectivity index (χ0v) is 15.7. The lowest BCUT2D eigenvalue weighted by Crippen LogP contribution is -2.41. The fourth-order valence-corrected chi connectivity index (χ4v) is 2.95.